The van der Waals surface area contributed by atoms with E-state index in [-0.39, 0.29) is 22.3 Å². The van der Waals surface area contributed by atoms with E-state index in [2.05, 4.69) is 27.7 Å². The first kappa shape index (κ1) is 20.4. The van der Waals surface area contributed by atoms with Gasteiger partial charge in [-0.05, 0) is 49.4 Å². The minimum Gasteiger partial charge on any atom is -0.0776 e. The molecule has 15 heavy (non-hydrogen) atoms. The second-order valence-electron chi connectivity index (χ2n) is 5.36. The van der Waals surface area contributed by atoms with Crippen LogP contribution in [0.4, 0.5) is 0 Å². The predicted molar refractivity (Wildman–Crippen MR) is 75.3 cm³/mol. The Morgan fingerprint density at radius 1 is 0.467 bits per heavy atom. The lowest BCUT2D eigenvalue weighted by atomic mass is 9.78. The highest BCUT2D eigenvalue weighted by atomic mass is 14.3. The summed E-state index contributed by atoms with van der Waals surface area (Å²) in [5.41, 5.74) is 0. The molecule has 0 amide bonds. The molecule has 1 aliphatic carbocycles. The molecule has 0 spiro atoms. The van der Waals surface area contributed by atoms with Crippen LogP contribution in [0, 0.1) is 23.7 Å². The maximum absolute atomic E-state index is 2.42. The standard InChI is InChI=1S/C12H24.3CH4/c1-9-5-10(2)7-12(4)8-11(3)6-9;;;/h9-12H,5-8H2,1-4H3;3*1H4. The van der Waals surface area contributed by atoms with Gasteiger partial charge in [0, 0.05) is 0 Å². The summed E-state index contributed by atoms with van der Waals surface area (Å²) in [7, 11) is 0. The highest BCUT2D eigenvalue weighted by Gasteiger charge is 2.20. The molecule has 0 aromatic rings. The third-order valence-corrected chi connectivity index (χ3v) is 3.22. The molecule has 0 heterocycles. The molecule has 0 unspecified atom stereocenters. The fourth-order valence-electron chi connectivity index (χ4n) is 3.13. The third kappa shape index (κ3) is 7.88. The molecule has 0 aromatic heterocycles. The number of hydrogen-bond acceptors (Lipinski definition) is 0. The Kier molecular flexibility index (Phi) is 12.6. The predicted octanol–water partition coefficient (Wildman–Crippen LogP) is 6.01. The molecule has 0 aromatic carbocycles. The number of rotatable bonds is 0. The van der Waals surface area contributed by atoms with Crippen molar-refractivity contribution in [2.45, 2.75) is 75.7 Å². The van der Waals surface area contributed by atoms with E-state index in [1.807, 2.05) is 0 Å². The Bertz CT molecular complexity index is 88.0. The summed E-state index contributed by atoms with van der Waals surface area (Å²) in [6, 6.07) is 0. The van der Waals surface area contributed by atoms with Crippen molar-refractivity contribution in [1.29, 1.82) is 0 Å². The van der Waals surface area contributed by atoms with Crippen molar-refractivity contribution in [3.05, 3.63) is 0 Å². The Labute approximate surface area is 99.9 Å². The lowest BCUT2D eigenvalue weighted by molar-refractivity contribution is 0.233. The average Bonchev–Trinajstić information content (AvgIpc) is 1.81. The first-order valence-electron chi connectivity index (χ1n) is 5.58. The first-order chi connectivity index (χ1) is 5.58. The zero-order valence-electron chi connectivity index (χ0n) is 9.14. The van der Waals surface area contributed by atoms with Crippen molar-refractivity contribution >= 4 is 0 Å². The van der Waals surface area contributed by atoms with Gasteiger partial charge >= 0.3 is 0 Å². The lowest BCUT2D eigenvalue weighted by Crippen LogP contribution is -2.16. The summed E-state index contributed by atoms with van der Waals surface area (Å²) in [6.45, 7) is 9.68. The van der Waals surface area contributed by atoms with E-state index in [1.165, 1.54) is 25.7 Å². The molecule has 0 radical (unpaired) electrons. The zero-order chi connectivity index (χ0) is 9.14. The topological polar surface area (TPSA) is 0 Å². The second kappa shape index (κ2) is 9.24. The van der Waals surface area contributed by atoms with Crippen LogP contribution in [0.25, 0.3) is 0 Å². The second-order valence-corrected chi connectivity index (χ2v) is 5.36. The quantitative estimate of drug-likeness (QED) is 0.465. The van der Waals surface area contributed by atoms with E-state index < -0.39 is 0 Å². The van der Waals surface area contributed by atoms with E-state index in [4.69, 9.17) is 0 Å². The molecule has 0 atom stereocenters. The van der Waals surface area contributed by atoms with Gasteiger partial charge in [0.15, 0.2) is 0 Å². The molecular formula is C15H36. The monoisotopic (exact) mass is 216 g/mol. The van der Waals surface area contributed by atoms with Crippen LogP contribution in [-0.4, -0.2) is 0 Å². The van der Waals surface area contributed by atoms with Crippen LogP contribution >= 0.6 is 0 Å². The zero-order valence-corrected chi connectivity index (χ0v) is 9.14. The summed E-state index contributed by atoms with van der Waals surface area (Å²) in [4.78, 5) is 0. The van der Waals surface area contributed by atoms with Gasteiger partial charge in [-0.25, -0.2) is 0 Å². The van der Waals surface area contributed by atoms with Gasteiger partial charge in [0.1, 0.15) is 0 Å². The van der Waals surface area contributed by atoms with Crippen LogP contribution in [0.3, 0.4) is 0 Å². The highest BCUT2D eigenvalue weighted by molar-refractivity contribution is 4.71. The van der Waals surface area contributed by atoms with Crippen molar-refractivity contribution in [1.82, 2.24) is 0 Å². The van der Waals surface area contributed by atoms with Gasteiger partial charge in [0.25, 0.3) is 0 Å². The highest BCUT2D eigenvalue weighted by Crippen LogP contribution is 2.32. The van der Waals surface area contributed by atoms with Crippen LogP contribution < -0.4 is 0 Å². The molecule has 1 aliphatic rings. The van der Waals surface area contributed by atoms with E-state index in [0.29, 0.717) is 0 Å². The van der Waals surface area contributed by atoms with Crippen molar-refractivity contribution in [3.8, 4) is 0 Å². The fraction of sp³-hybridized carbons (Fsp3) is 1.00. The normalized spacial score (nSPS) is 36.0. The molecule has 0 N–H and O–H groups in total. The Balaban J connectivity index is -0.000000480. The van der Waals surface area contributed by atoms with Crippen LogP contribution in [0.5, 0.6) is 0 Å². The van der Waals surface area contributed by atoms with Gasteiger partial charge in [0.2, 0.25) is 0 Å². The smallest absolute Gasteiger partial charge is 0.0438 e. The lowest BCUT2D eigenvalue weighted by Gasteiger charge is -2.28. The summed E-state index contributed by atoms with van der Waals surface area (Å²) in [6.07, 6.45) is 5.81. The van der Waals surface area contributed by atoms with Gasteiger partial charge in [-0.1, -0.05) is 50.0 Å². The summed E-state index contributed by atoms with van der Waals surface area (Å²) < 4.78 is 0. The first-order valence-corrected chi connectivity index (χ1v) is 5.58. The maximum atomic E-state index is 2.42. The van der Waals surface area contributed by atoms with Crippen LogP contribution in [-0.2, 0) is 0 Å². The molecule has 96 valence electrons. The van der Waals surface area contributed by atoms with Gasteiger partial charge < -0.3 is 0 Å². The minimum atomic E-state index is 0. The van der Waals surface area contributed by atoms with Crippen molar-refractivity contribution in [2.75, 3.05) is 0 Å². The van der Waals surface area contributed by atoms with Crippen LogP contribution in [0.1, 0.15) is 75.7 Å². The molecule has 0 saturated heterocycles. The van der Waals surface area contributed by atoms with Gasteiger partial charge in [-0.2, -0.15) is 0 Å². The molecular weight excluding hydrogens is 180 g/mol. The van der Waals surface area contributed by atoms with Crippen LogP contribution in [0.15, 0.2) is 0 Å². The maximum Gasteiger partial charge on any atom is -0.0438 e. The summed E-state index contributed by atoms with van der Waals surface area (Å²) >= 11 is 0. The van der Waals surface area contributed by atoms with Gasteiger partial charge in [0.05, 0.1) is 0 Å². The average molecular weight is 216 g/mol. The van der Waals surface area contributed by atoms with Gasteiger partial charge in [-0.3, -0.25) is 0 Å². The molecule has 1 saturated carbocycles. The van der Waals surface area contributed by atoms with Crippen molar-refractivity contribution in [3.63, 3.8) is 0 Å². The minimum absolute atomic E-state index is 0. The van der Waals surface area contributed by atoms with Crippen molar-refractivity contribution < 1.29 is 0 Å². The Morgan fingerprint density at radius 2 is 0.600 bits per heavy atom. The van der Waals surface area contributed by atoms with E-state index >= 15 is 0 Å². The van der Waals surface area contributed by atoms with E-state index in [9.17, 15) is 0 Å². The molecule has 0 heteroatoms. The molecule has 0 bridgehead atoms. The third-order valence-electron chi connectivity index (χ3n) is 3.22. The molecule has 0 aliphatic heterocycles. The van der Waals surface area contributed by atoms with E-state index in [1.54, 1.807) is 0 Å². The van der Waals surface area contributed by atoms with Gasteiger partial charge in [-0.15, -0.1) is 0 Å². The van der Waals surface area contributed by atoms with Crippen LogP contribution in [0.2, 0.25) is 0 Å². The summed E-state index contributed by atoms with van der Waals surface area (Å²) in [5, 5.41) is 0. The SMILES string of the molecule is C.C.C.CC1CC(C)CC(C)CC(C)C1. The van der Waals surface area contributed by atoms with Crippen molar-refractivity contribution in [2.24, 2.45) is 23.7 Å². The largest absolute Gasteiger partial charge is 0.0776 e. The molecule has 1 rings (SSSR count). The molecule has 0 nitrogen and oxygen atoms in total. The Hall–Kier alpha value is 0. The number of hydrogen-bond donors (Lipinski definition) is 0. The summed E-state index contributed by atoms with van der Waals surface area (Å²) in [5.74, 6) is 3.84. The fourth-order valence-corrected chi connectivity index (χ4v) is 3.13. The Morgan fingerprint density at radius 3 is 0.733 bits per heavy atom. The molecule has 1 fully saturated rings. The van der Waals surface area contributed by atoms with E-state index in [0.717, 1.165) is 23.7 Å².